The SMILES string of the molecule is CCc1nn(CC)c(CN(C)CC(C)CNC)c1Br. The number of halogens is 1. The highest BCUT2D eigenvalue weighted by Crippen LogP contribution is 2.23. The molecule has 0 radical (unpaired) electrons. The maximum atomic E-state index is 4.65. The summed E-state index contributed by atoms with van der Waals surface area (Å²) in [4.78, 5) is 2.37. The van der Waals surface area contributed by atoms with Crippen molar-refractivity contribution in [1.82, 2.24) is 20.0 Å². The van der Waals surface area contributed by atoms with E-state index < -0.39 is 0 Å². The van der Waals surface area contributed by atoms with Gasteiger partial charge in [0.2, 0.25) is 0 Å². The van der Waals surface area contributed by atoms with E-state index >= 15 is 0 Å². The van der Waals surface area contributed by atoms with E-state index in [2.05, 4.69) is 63.7 Å². The normalized spacial score (nSPS) is 13.2. The van der Waals surface area contributed by atoms with E-state index in [1.165, 1.54) is 10.2 Å². The third kappa shape index (κ3) is 4.58. The lowest BCUT2D eigenvalue weighted by molar-refractivity contribution is 0.268. The van der Waals surface area contributed by atoms with Crippen LogP contribution in [0.4, 0.5) is 0 Å². The molecular weight excluding hydrogens is 304 g/mol. The van der Waals surface area contributed by atoms with Gasteiger partial charge in [-0.15, -0.1) is 0 Å². The topological polar surface area (TPSA) is 33.1 Å². The molecule has 0 bridgehead atoms. The molecule has 0 amide bonds. The maximum Gasteiger partial charge on any atom is 0.0767 e. The quantitative estimate of drug-likeness (QED) is 0.795. The Morgan fingerprint density at radius 2 is 2.11 bits per heavy atom. The second kappa shape index (κ2) is 8.02. The molecule has 19 heavy (non-hydrogen) atoms. The molecule has 1 atom stereocenters. The lowest BCUT2D eigenvalue weighted by Crippen LogP contribution is -2.30. The molecule has 1 heterocycles. The molecule has 0 aliphatic heterocycles. The van der Waals surface area contributed by atoms with Crippen LogP contribution in [0.25, 0.3) is 0 Å². The van der Waals surface area contributed by atoms with Crippen molar-refractivity contribution in [2.75, 3.05) is 27.2 Å². The van der Waals surface area contributed by atoms with Gasteiger partial charge in [-0.25, -0.2) is 0 Å². The van der Waals surface area contributed by atoms with Crippen LogP contribution in [0.5, 0.6) is 0 Å². The molecule has 1 unspecified atom stereocenters. The fourth-order valence-corrected chi connectivity index (χ4v) is 3.12. The Morgan fingerprint density at radius 1 is 1.42 bits per heavy atom. The fourth-order valence-electron chi connectivity index (χ4n) is 2.43. The highest BCUT2D eigenvalue weighted by atomic mass is 79.9. The molecular formula is C14H27BrN4. The molecule has 1 rings (SSSR count). The lowest BCUT2D eigenvalue weighted by Gasteiger charge is -2.21. The van der Waals surface area contributed by atoms with Crippen molar-refractivity contribution >= 4 is 15.9 Å². The molecule has 0 aliphatic carbocycles. The monoisotopic (exact) mass is 330 g/mol. The zero-order chi connectivity index (χ0) is 14.4. The minimum absolute atomic E-state index is 0.650. The first-order chi connectivity index (χ1) is 9.03. The number of rotatable bonds is 8. The summed E-state index contributed by atoms with van der Waals surface area (Å²) in [6.45, 7) is 10.6. The van der Waals surface area contributed by atoms with Gasteiger partial charge >= 0.3 is 0 Å². The molecule has 1 N–H and O–H groups in total. The molecule has 0 saturated heterocycles. The van der Waals surface area contributed by atoms with Crippen molar-refractivity contribution in [1.29, 1.82) is 0 Å². The van der Waals surface area contributed by atoms with E-state index in [9.17, 15) is 0 Å². The first-order valence-electron chi connectivity index (χ1n) is 7.10. The summed E-state index contributed by atoms with van der Waals surface area (Å²) in [6.07, 6.45) is 0.973. The van der Waals surface area contributed by atoms with Crippen LogP contribution in [-0.4, -0.2) is 41.9 Å². The number of nitrogens with zero attached hydrogens (tertiary/aromatic N) is 3. The van der Waals surface area contributed by atoms with Gasteiger partial charge in [0.15, 0.2) is 0 Å². The minimum Gasteiger partial charge on any atom is -0.319 e. The molecule has 1 aromatic heterocycles. The fraction of sp³-hybridized carbons (Fsp3) is 0.786. The summed E-state index contributed by atoms with van der Waals surface area (Å²) >= 11 is 3.71. The Bertz CT molecular complexity index is 389. The average molecular weight is 331 g/mol. The first kappa shape index (κ1) is 16.7. The molecule has 110 valence electrons. The van der Waals surface area contributed by atoms with Crippen LogP contribution in [0.1, 0.15) is 32.2 Å². The van der Waals surface area contributed by atoms with Crippen molar-refractivity contribution in [2.45, 2.75) is 40.3 Å². The highest BCUT2D eigenvalue weighted by Gasteiger charge is 2.16. The maximum absolute atomic E-state index is 4.65. The lowest BCUT2D eigenvalue weighted by atomic mass is 10.1. The van der Waals surface area contributed by atoms with Gasteiger partial charge in [-0.05, 0) is 55.8 Å². The van der Waals surface area contributed by atoms with E-state index in [4.69, 9.17) is 0 Å². The third-order valence-corrected chi connectivity index (χ3v) is 4.21. The second-order valence-corrected chi connectivity index (χ2v) is 6.03. The zero-order valence-electron chi connectivity index (χ0n) is 12.8. The zero-order valence-corrected chi connectivity index (χ0v) is 14.4. The second-order valence-electron chi connectivity index (χ2n) is 5.24. The smallest absolute Gasteiger partial charge is 0.0767 e. The number of nitrogens with one attached hydrogen (secondary N) is 1. The number of aryl methyl sites for hydroxylation is 2. The third-order valence-electron chi connectivity index (χ3n) is 3.29. The van der Waals surface area contributed by atoms with E-state index in [0.29, 0.717) is 5.92 Å². The Labute approximate surface area is 125 Å². The molecule has 0 saturated carbocycles. The van der Waals surface area contributed by atoms with Crippen LogP contribution in [0, 0.1) is 5.92 Å². The van der Waals surface area contributed by atoms with E-state index in [-0.39, 0.29) is 0 Å². The van der Waals surface area contributed by atoms with Gasteiger partial charge in [0.05, 0.1) is 15.9 Å². The average Bonchev–Trinajstić information content (AvgIpc) is 2.66. The standard InChI is InChI=1S/C14H27BrN4/c1-6-12-14(15)13(19(7-2)17-12)10-18(5)9-11(3)8-16-4/h11,16H,6-10H2,1-5H3. The largest absolute Gasteiger partial charge is 0.319 e. The number of hydrogen-bond acceptors (Lipinski definition) is 3. The van der Waals surface area contributed by atoms with Crippen molar-refractivity contribution in [3.8, 4) is 0 Å². The Kier molecular flexibility index (Phi) is 7.04. The van der Waals surface area contributed by atoms with Crippen molar-refractivity contribution in [3.05, 3.63) is 15.9 Å². The van der Waals surface area contributed by atoms with Gasteiger partial charge in [-0.2, -0.15) is 5.10 Å². The van der Waals surface area contributed by atoms with Crippen LogP contribution in [0.2, 0.25) is 0 Å². The first-order valence-corrected chi connectivity index (χ1v) is 7.89. The Balaban J connectivity index is 2.72. The van der Waals surface area contributed by atoms with Crippen molar-refractivity contribution in [3.63, 3.8) is 0 Å². The number of aromatic nitrogens is 2. The molecule has 5 heteroatoms. The molecule has 1 aromatic rings. The molecule has 0 aliphatic rings. The van der Waals surface area contributed by atoms with E-state index in [0.717, 1.165) is 38.3 Å². The molecule has 4 nitrogen and oxygen atoms in total. The van der Waals surface area contributed by atoms with E-state index in [1.54, 1.807) is 0 Å². The predicted octanol–water partition coefficient (Wildman–Crippen LogP) is 2.52. The van der Waals surface area contributed by atoms with Crippen LogP contribution in [0.3, 0.4) is 0 Å². The van der Waals surface area contributed by atoms with Crippen molar-refractivity contribution < 1.29 is 0 Å². The minimum atomic E-state index is 0.650. The van der Waals surface area contributed by atoms with Gasteiger partial charge < -0.3 is 10.2 Å². The van der Waals surface area contributed by atoms with Gasteiger partial charge in [0.1, 0.15) is 0 Å². The Morgan fingerprint density at radius 3 is 2.63 bits per heavy atom. The number of hydrogen-bond donors (Lipinski definition) is 1. The van der Waals surface area contributed by atoms with Gasteiger partial charge in [0.25, 0.3) is 0 Å². The molecule has 0 spiro atoms. The highest BCUT2D eigenvalue weighted by molar-refractivity contribution is 9.10. The van der Waals surface area contributed by atoms with Gasteiger partial charge in [0, 0.05) is 19.6 Å². The predicted molar refractivity (Wildman–Crippen MR) is 84.4 cm³/mol. The van der Waals surface area contributed by atoms with Gasteiger partial charge in [-0.1, -0.05) is 13.8 Å². The summed E-state index contributed by atoms with van der Waals surface area (Å²) in [5.74, 6) is 0.650. The summed E-state index contributed by atoms with van der Waals surface area (Å²) in [5.41, 5.74) is 2.45. The summed E-state index contributed by atoms with van der Waals surface area (Å²) in [6, 6.07) is 0. The summed E-state index contributed by atoms with van der Waals surface area (Å²) in [7, 11) is 4.18. The Hall–Kier alpha value is -0.390. The van der Waals surface area contributed by atoms with Crippen LogP contribution >= 0.6 is 15.9 Å². The van der Waals surface area contributed by atoms with Crippen LogP contribution in [-0.2, 0) is 19.5 Å². The summed E-state index contributed by atoms with van der Waals surface area (Å²) < 4.78 is 3.30. The summed E-state index contributed by atoms with van der Waals surface area (Å²) in [5, 5.41) is 7.88. The molecule has 0 aromatic carbocycles. The molecule has 0 fully saturated rings. The van der Waals surface area contributed by atoms with Crippen molar-refractivity contribution in [2.24, 2.45) is 5.92 Å². The van der Waals surface area contributed by atoms with Crippen LogP contribution < -0.4 is 5.32 Å². The van der Waals surface area contributed by atoms with Crippen LogP contribution in [0.15, 0.2) is 4.47 Å². The van der Waals surface area contributed by atoms with Gasteiger partial charge in [-0.3, -0.25) is 4.68 Å². The van der Waals surface area contributed by atoms with E-state index in [1.807, 2.05) is 7.05 Å².